The van der Waals surface area contributed by atoms with Gasteiger partial charge < -0.3 is 4.74 Å². The zero-order chi connectivity index (χ0) is 11.6. The van der Waals surface area contributed by atoms with E-state index >= 15 is 0 Å². The number of hydrogen-bond donors (Lipinski definition) is 0. The largest absolute Gasteiger partial charge is 0.380 e. The molecule has 1 fully saturated rings. The third-order valence-electron chi connectivity index (χ3n) is 3.37. The van der Waals surface area contributed by atoms with Crippen LogP contribution < -0.4 is 0 Å². The summed E-state index contributed by atoms with van der Waals surface area (Å²) in [7, 11) is 0. The van der Waals surface area contributed by atoms with Crippen LogP contribution in [-0.2, 0) is 11.2 Å². The Kier molecular flexibility index (Phi) is 2.98. The predicted molar refractivity (Wildman–Crippen MR) is 63.1 cm³/mol. The molecule has 0 aliphatic carbocycles. The van der Waals surface area contributed by atoms with E-state index in [1.54, 1.807) is 0 Å². The predicted octanol–water partition coefficient (Wildman–Crippen LogP) is 2.78. The number of rotatable bonds is 2. The smallest absolute Gasteiger partial charge is 0.0868 e. The fraction of sp³-hybridized carbons (Fsp3) is 0.500. The van der Waals surface area contributed by atoms with Crippen LogP contribution in [0.3, 0.4) is 0 Å². The van der Waals surface area contributed by atoms with Crippen LogP contribution in [0.25, 0.3) is 0 Å². The molecule has 2 rings (SSSR count). The molecule has 84 valence electrons. The number of ether oxygens (including phenoxy) is 1. The van der Waals surface area contributed by atoms with Crippen LogP contribution in [-0.4, -0.2) is 13.2 Å². The summed E-state index contributed by atoms with van der Waals surface area (Å²) in [6.45, 7) is 5.50. The average molecular weight is 215 g/mol. The second kappa shape index (κ2) is 4.27. The lowest BCUT2D eigenvalue weighted by atomic mass is 9.81. The molecule has 0 N–H and O–H groups in total. The van der Waals surface area contributed by atoms with Crippen molar-refractivity contribution in [2.75, 3.05) is 13.2 Å². The van der Waals surface area contributed by atoms with E-state index in [0.717, 1.165) is 19.4 Å². The molecule has 1 atom stereocenters. The molecule has 2 heteroatoms. The highest BCUT2D eigenvalue weighted by molar-refractivity contribution is 5.32. The highest BCUT2D eigenvalue weighted by Gasteiger charge is 2.35. The van der Waals surface area contributed by atoms with Crippen LogP contribution in [0, 0.1) is 30.6 Å². The van der Waals surface area contributed by atoms with E-state index in [1.165, 1.54) is 16.7 Å². The molecule has 0 spiro atoms. The lowest BCUT2D eigenvalue weighted by Gasteiger charge is -2.19. The van der Waals surface area contributed by atoms with Gasteiger partial charge in [-0.05, 0) is 37.8 Å². The second-order valence-corrected chi connectivity index (χ2v) is 4.80. The number of nitriles is 1. The van der Waals surface area contributed by atoms with E-state index in [2.05, 4.69) is 38.1 Å². The Balaban J connectivity index is 2.26. The Labute approximate surface area is 96.9 Å². The molecule has 1 aliphatic rings. The van der Waals surface area contributed by atoms with Crippen molar-refractivity contribution in [3.8, 4) is 6.07 Å². The fourth-order valence-electron chi connectivity index (χ4n) is 2.23. The molecule has 0 radical (unpaired) electrons. The van der Waals surface area contributed by atoms with Crippen LogP contribution in [0.1, 0.15) is 23.1 Å². The minimum atomic E-state index is -0.293. The van der Waals surface area contributed by atoms with Gasteiger partial charge in [0, 0.05) is 6.61 Å². The zero-order valence-corrected chi connectivity index (χ0v) is 9.92. The molecule has 0 amide bonds. The average Bonchev–Trinajstić information content (AvgIpc) is 2.73. The van der Waals surface area contributed by atoms with E-state index in [9.17, 15) is 5.26 Å². The van der Waals surface area contributed by atoms with Gasteiger partial charge in [-0.1, -0.05) is 23.8 Å². The number of hydrogen-bond acceptors (Lipinski definition) is 2. The van der Waals surface area contributed by atoms with Gasteiger partial charge in [0.15, 0.2) is 0 Å². The molecule has 1 aromatic carbocycles. The van der Waals surface area contributed by atoms with Crippen LogP contribution in [0.5, 0.6) is 0 Å². The summed E-state index contributed by atoms with van der Waals surface area (Å²) >= 11 is 0. The molecular formula is C14H17NO. The maximum Gasteiger partial charge on any atom is 0.0868 e. The number of nitrogens with zero attached hydrogens (tertiary/aromatic N) is 1. The Hall–Kier alpha value is -1.33. The first-order chi connectivity index (χ1) is 7.65. The molecule has 0 saturated carbocycles. The second-order valence-electron chi connectivity index (χ2n) is 4.80. The Morgan fingerprint density at radius 1 is 1.44 bits per heavy atom. The van der Waals surface area contributed by atoms with Crippen molar-refractivity contribution >= 4 is 0 Å². The van der Waals surface area contributed by atoms with Crippen molar-refractivity contribution < 1.29 is 4.74 Å². The molecule has 16 heavy (non-hydrogen) atoms. The maximum atomic E-state index is 9.31. The summed E-state index contributed by atoms with van der Waals surface area (Å²) in [4.78, 5) is 0. The molecule has 1 saturated heterocycles. The summed E-state index contributed by atoms with van der Waals surface area (Å²) in [5.41, 5.74) is 3.52. The molecular weight excluding hydrogens is 198 g/mol. The molecule has 1 unspecified atom stereocenters. The lowest BCUT2D eigenvalue weighted by Crippen LogP contribution is -2.22. The minimum Gasteiger partial charge on any atom is -0.380 e. The summed E-state index contributed by atoms with van der Waals surface area (Å²) in [5, 5.41) is 9.31. The molecule has 0 bridgehead atoms. The molecule has 1 heterocycles. The van der Waals surface area contributed by atoms with Gasteiger partial charge in [-0.25, -0.2) is 0 Å². The molecule has 0 aromatic heterocycles. The Bertz CT molecular complexity index is 425. The van der Waals surface area contributed by atoms with Gasteiger partial charge in [0.1, 0.15) is 0 Å². The van der Waals surface area contributed by atoms with Gasteiger partial charge in [0.25, 0.3) is 0 Å². The fourth-order valence-corrected chi connectivity index (χ4v) is 2.23. The highest BCUT2D eigenvalue weighted by atomic mass is 16.5. The molecule has 1 aliphatic heterocycles. The van der Waals surface area contributed by atoms with Crippen LogP contribution >= 0.6 is 0 Å². The van der Waals surface area contributed by atoms with E-state index < -0.39 is 0 Å². The van der Waals surface area contributed by atoms with E-state index in [0.29, 0.717) is 6.61 Å². The van der Waals surface area contributed by atoms with Crippen molar-refractivity contribution in [2.45, 2.75) is 26.7 Å². The first-order valence-electron chi connectivity index (χ1n) is 5.70. The Morgan fingerprint density at radius 3 is 2.88 bits per heavy atom. The summed E-state index contributed by atoms with van der Waals surface area (Å²) in [5.74, 6) is 0. The Morgan fingerprint density at radius 2 is 2.25 bits per heavy atom. The maximum absolute atomic E-state index is 9.31. The van der Waals surface area contributed by atoms with Crippen molar-refractivity contribution in [3.63, 3.8) is 0 Å². The van der Waals surface area contributed by atoms with Gasteiger partial charge in [-0.2, -0.15) is 5.26 Å². The third kappa shape index (κ3) is 2.10. The van der Waals surface area contributed by atoms with Gasteiger partial charge in [-0.15, -0.1) is 0 Å². The monoisotopic (exact) mass is 215 g/mol. The van der Waals surface area contributed by atoms with Crippen molar-refractivity contribution in [1.29, 1.82) is 5.26 Å². The molecule has 1 aromatic rings. The van der Waals surface area contributed by atoms with E-state index in [4.69, 9.17) is 4.74 Å². The number of aryl methyl sites for hydroxylation is 2. The minimum absolute atomic E-state index is 0.293. The summed E-state index contributed by atoms with van der Waals surface area (Å²) in [6.07, 6.45) is 1.67. The zero-order valence-electron chi connectivity index (χ0n) is 9.92. The standard InChI is InChI=1S/C14H17NO/c1-11-3-4-12(2)13(7-11)8-14(9-15)5-6-16-10-14/h3-4,7H,5-6,8,10H2,1-2H3. The van der Waals surface area contributed by atoms with Crippen LogP contribution in [0.2, 0.25) is 0 Å². The first kappa shape index (κ1) is 11.2. The first-order valence-corrected chi connectivity index (χ1v) is 5.70. The number of benzene rings is 1. The third-order valence-corrected chi connectivity index (χ3v) is 3.37. The van der Waals surface area contributed by atoms with E-state index in [-0.39, 0.29) is 5.41 Å². The topological polar surface area (TPSA) is 33.0 Å². The van der Waals surface area contributed by atoms with Gasteiger partial charge >= 0.3 is 0 Å². The van der Waals surface area contributed by atoms with Crippen molar-refractivity contribution in [2.24, 2.45) is 5.41 Å². The SMILES string of the molecule is Cc1ccc(C)c(CC2(C#N)CCOC2)c1. The van der Waals surface area contributed by atoms with Crippen molar-refractivity contribution in [3.05, 3.63) is 34.9 Å². The summed E-state index contributed by atoms with van der Waals surface area (Å²) < 4.78 is 5.37. The van der Waals surface area contributed by atoms with E-state index in [1.807, 2.05) is 0 Å². The molecule has 2 nitrogen and oxygen atoms in total. The van der Waals surface area contributed by atoms with Gasteiger partial charge in [0.2, 0.25) is 0 Å². The van der Waals surface area contributed by atoms with Gasteiger partial charge in [0.05, 0.1) is 18.1 Å². The highest BCUT2D eigenvalue weighted by Crippen LogP contribution is 2.32. The van der Waals surface area contributed by atoms with Crippen molar-refractivity contribution in [1.82, 2.24) is 0 Å². The quantitative estimate of drug-likeness (QED) is 0.760. The van der Waals surface area contributed by atoms with Crippen LogP contribution in [0.4, 0.5) is 0 Å². The lowest BCUT2D eigenvalue weighted by molar-refractivity contribution is 0.171. The normalized spacial score (nSPS) is 24.3. The van der Waals surface area contributed by atoms with Crippen LogP contribution in [0.15, 0.2) is 18.2 Å². The van der Waals surface area contributed by atoms with Gasteiger partial charge in [-0.3, -0.25) is 0 Å². The summed E-state index contributed by atoms with van der Waals surface area (Å²) in [6, 6.07) is 8.88.